The molecule has 0 aliphatic heterocycles. The van der Waals surface area contributed by atoms with Crippen molar-refractivity contribution >= 4 is 24.4 Å². The molecule has 0 amide bonds. The van der Waals surface area contributed by atoms with Gasteiger partial charge in [0.25, 0.3) is 0 Å². The lowest BCUT2D eigenvalue weighted by Crippen LogP contribution is -2.06. The Balaban J connectivity index is 1.71. The highest BCUT2D eigenvalue weighted by Crippen LogP contribution is 2.46. The summed E-state index contributed by atoms with van der Waals surface area (Å²) in [5, 5.41) is 10.0. The van der Waals surface area contributed by atoms with Crippen molar-refractivity contribution in [2.45, 2.75) is 56.1 Å². The van der Waals surface area contributed by atoms with E-state index in [9.17, 15) is 0 Å². The van der Waals surface area contributed by atoms with Gasteiger partial charge in [-0.25, -0.2) is 0 Å². The Morgan fingerprint density at radius 3 is 2.67 bits per heavy atom. The van der Waals surface area contributed by atoms with Gasteiger partial charge in [-0.15, -0.1) is 10.2 Å². The Hall–Kier alpha value is -0.160. The molecule has 1 aromatic rings. The summed E-state index contributed by atoms with van der Waals surface area (Å²) in [6, 6.07) is 0.703. The molecule has 2 aliphatic carbocycles. The van der Waals surface area contributed by atoms with Crippen molar-refractivity contribution in [2.75, 3.05) is 11.5 Å². The lowest BCUT2D eigenvalue weighted by molar-refractivity contribution is 0.619. The topological polar surface area (TPSA) is 30.7 Å². The first-order chi connectivity index (χ1) is 8.83. The van der Waals surface area contributed by atoms with Crippen LogP contribution in [0.3, 0.4) is 0 Å². The molecule has 1 unspecified atom stereocenters. The maximum Gasteiger partial charge on any atom is 0.191 e. The van der Waals surface area contributed by atoms with Crippen LogP contribution in [0, 0.1) is 5.92 Å². The predicted octanol–water partition coefficient (Wildman–Crippen LogP) is 3.54. The number of aromatic nitrogens is 3. The second kappa shape index (κ2) is 5.45. The van der Waals surface area contributed by atoms with Crippen LogP contribution >= 0.6 is 24.4 Å². The van der Waals surface area contributed by atoms with Crippen LogP contribution in [0.4, 0.5) is 0 Å². The highest BCUT2D eigenvalue weighted by molar-refractivity contribution is 7.99. The average Bonchev–Trinajstić information content (AvgIpc) is 3.30. The van der Waals surface area contributed by atoms with Crippen LogP contribution in [-0.2, 0) is 0 Å². The first kappa shape index (κ1) is 12.9. The highest BCUT2D eigenvalue weighted by atomic mass is 32.2. The van der Waals surface area contributed by atoms with Gasteiger partial charge >= 0.3 is 0 Å². The zero-order valence-corrected chi connectivity index (χ0v) is 12.6. The third-order valence-electron chi connectivity index (χ3n) is 3.83. The van der Waals surface area contributed by atoms with Gasteiger partial charge in [0.05, 0.1) is 0 Å². The maximum absolute atomic E-state index is 4.44. The van der Waals surface area contributed by atoms with Gasteiger partial charge in [-0.3, -0.25) is 0 Å². The van der Waals surface area contributed by atoms with E-state index in [1.807, 2.05) is 11.8 Å². The fourth-order valence-corrected chi connectivity index (χ4v) is 3.96. The fraction of sp³-hybridized carbons (Fsp3) is 0.846. The summed E-state index contributed by atoms with van der Waals surface area (Å²) < 4.78 is 2.44. The van der Waals surface area contributed by atoms with Gasteiger partial charge < -0.3 is 4.57 Å². The van der Waals surface area contributed by atoms with Crippen molar-refractivity contribution < 1.29 is 0 Å². The van der Waals surface area contributed by atoms with Crippen molar-refractivity contribution in [1.82, 2.24) is 14.8 Å². The van der Waals surface area contributed by atoms with E-state index in [1.54, 1.807) is 0 Å². The average molecular weight is 283 g/mol. The molecule has 2 fully saturated rings. The summed E-state index contributed by atoms with van der Waals surface area (Å²) >= 11 is 6.29. The molecule has 0 bridgehead atoms. The van der Waals surface area contributed by atoms with Crippen molar-refractivity contribution in [2.24, 2.45) is 5.92 Å². The van der Waals surface area contributed by atoms with E-state index < -0.39 is 0 Å². The molecule has 2 aliphatic rings. The third kappa shape index (κ3) is 2.72. The summed E-state index contributed by atoms with van der Waals surface area (Å²) in [5.74, 6) is 4.75. The lowest BCUT2D eigenvalue weighted by atomic mass is 10.2. The van der Waals surface area contributed by atoms with E-state index in [1.165, 1.54) is 37.9 Å². The second-order valence-electron chi connectivity index (χ2n) is 5.48. The summed E-state index contributed by atoms with van der Waals surface area (Å²) in [6.45, 7) is 2.24. The van der Waals surface area contributed by atoms with E-state index in [2.05, 4.69) is 34.3 Å². The number of hydrogen-bond acceptors (Lipinski definition) is 4. The Morgan fingerprint density at radius 2 is 2.11 bits per heavy atom. The van der Waals surface area contributed by atoms with E-state index in [0.29, 0.717) is 17.9 Å². The quantitative estimate of drug-likeness (QED) is 0.613. The fourth-order valence-electron chi connectivity index (χ4n) is 2.17. The molecule has 0 spiro atoms. The SMILES string of the molecule is CCC(CS)CSc1nnc(C2CC2)n1C1CC1. The smallest absolute Gasteiger partial charge is 0.191 e. The van der Waals surface area contributed by atoms with Crippen molar-refractivity contribution in [3.63, 3.8) is 0 Å². The summed E-state index contributed by atoms with van der Waals surface area (Å²) in [4.78, 5) is 0. The van der Waals surface area contributed by atoms with E-state index in [0.717, 1.165) is 16.7 Å². The minimum atomic E-state index is 0.687. The molecule has 100 valence electrons. The second-order valence-corrected chi connectivity index (χ2v) is 6.84. The summed E-state index contributed by atoms with van der Waals surface area (Å²) in [7, 11) is 0. The Labute approximate surface area is 119 Å². The molecule has 1 atom stereocenters. The Morgan fingerprint density at radius 1 is 1.33 bits per heavy atom. The van der Waals surface area contributed by atoms with Crippen LogP contribution in [0.25, 0.3) is 0 Å². The largest absolute Gasteiger partial charge is 0.303 e. The van der Waals surface area contributed by atoms with Gasteiger partial charge in [-0.05, 0) is 37.4 Å². The molecular formula is C13H21N3S2. The normalized spacial score (nSPS) is 21.2. The molecule has 18 heavy (non-hydrogen) atoms. The number of nitrogens with zero attached hydrogens (tertiary/aromatic N) is 3. The van der Waals surface area contributed by atoms with Crippen molar-refractivity contribution in [1.29, 1.82) is 0 Å². The standard InChI is InChI=1S/C13H21N3S2/c1-2-9(7-17)8-18-13-15-14-12(10-3-4-10)16(13)11-5-6-11/h9-11,17H,2-8H2,1H3. The molecule has 1 aromatic heterocycles. The molecule has 1 heterocycles. The van der Waals surface area contributed by atoms with Crippen LogP contribution in [-0.4, -0.2) is 26.3 Å². The Kier molecular flexibility index (Phi) is 3.89. The van der Waals surface area contributed by atoms with Crippen molar-refractivity contribution in [3.8, 4) is 0 Å². The molecule has 5 heteroatoms. The molecule has 2 saturated carbocycles. The van der Waals surface area contributed by atoms with E-state index in [-0.39, 0.29) is 0 Å². The molecule has 0 aromatic carbocycles. The molecule has 3 rings (SSSR count). The zero-order valence-electron chi connectivity index (χ0n) is 10.9. The number of hydrogen-bond donors (Lipinski definition) is 1. The number of thioether (sulfide) groups is 1. The zero-order chi connectivity index (χ0) is 12.5. The molecular weight excluding hydrogens is 262 g/mol. The monoisotopic (exact) mass is 283 g/mol. The van der Waals surface area contributed by atoms with Crippen LogP contribution < -0.4 is 0 Å². The van der Waals surface area contributed by atoms with Gasteiger partial charge in [-0.2, -0.15) is 12.6 Å². The molecule has 3 nitrogen and oxygen atoms in total. The van der Waals surface area contributed by atoms with Gasteiger partial charge in [0.15, 0.2) is 5.16 Å². The first-order valence-corrected chi connectivity index (χ1v) is 8.63. The van der Waals surface area contributed by atoms with Crippen LogP contribution in [0.2, 0.25) is 0 Å². The van der Waals surface area contributed by atoms with Gasteiger partial charge in [0.2, 0.25) is 0 Å². The minimum absolute atomic E-state index is 0.687. The van der Waals surface area contributed by atoms with Gasteiger partial charge in [0.1, 0.15) is 5.82 Å². The lowest BCUT2D eigenvalue weighted by Gasteiger charge is -2.12. The third-order valence-corrected chi connectivity index (χ3v) is 5.52. The highest BCUT2D eigenvalue weighted by Gasteiger charge is 2.36. The van der Waals surface area contributed by atoms with Crippen LogP contribution in [0.5, 0.6) is 0 Å². The molecule has 0 saturated heterocycles. The number of thiol groups is 1. The minimum Gasteiger partial charge on any atom is -0.303 e. The van der Waals surface area contributed by atoms with Crippen LogP contribution in [0.1, 0.15) is 56.8 Å². The predicted molar refractivity (Wildman–Crippen MR) is 78.6 cm³/mol. The summed E-state index contributed by atoms with van der Waals surface area (Å²) in [6.07, 6.45) is 6.45. The molecule has 0 radical (unpaired) electrons. The Bertz CT molecular complexity index is 406. The first-order valence-electron chi connectivity index (χ1n) is 7.02. The van der Waals surface area contributed by atoms with Crippen LogP contribution in [0.15, 0.2) is 5.16 Å². The van der Waals surface area contributed by atoms with Gasteiger partial charge in [-0.1, -0.05) is 25.1 Å². The number of rotatable bonds is 7. The molecule has 0 N–H and O–H groups in total. The summed E-state index contributed by atoms with van der Waals surface area (Å²) in [5.41, 5.74) is 0. The maximum atomic E-state index is 4.44. The van der Waals surface area contributed by atoms with E-state index >= 15 is 0 Å². The van der Waals surface area contributed by atoms with Gasteiger partial charge in [0, 0.05) is 17.7 Å². The van der Waals surface area contributed by atoms with E-state index in [4.69, 9.17) is 0 Å². The van der Waals surface area contributed by atoms with Crippen molar-refractivity contribution in [3.05, 3.63) is 5.82 Å².